The van der Waals surface area contributed by atoms with Crippen molar-refractivity contribution in [2.75, 3.05) is 0 Å². The van der Waals surface area contributed by atoms with Gasteiger partial charge in [0.25, 0.3) is 0 Å². The SMILES string of the molecule is Cc1cc(F)c(I)cc1F. The van der Waals surface area contributed by atoms with Gasteiger partial charge in [0, 0.05) is 0 Å². The Hall–Kier alpha value is -0.190. The van der Waals surface area contributed by atoms with Crippen molar-refractivity contribution in [3.05, 3.63) is 32.9 Å². The first-order valence-electron chi connectivity index (χ1n) is 2.72. The molecule has 0 atom stereocenters. The van der Waals surface area contributed by atoms with Crippen molar-refractivity contribution >= 4 is 22.6 Å². The van der Waals surface area contributed by atoms with Crippen LogP contribution in [0.15, 0.2) is 12.1 Å². The van der Waals surface area contributed by atoms with Gasteiger partial charge in [-0.15, -0.1) is 0 Å². The lowest BCUT2D eigenvalue weighted by Crippen LogP contribution is -1.87. The van der Waals surface area contributed by atoms with Crippen LogP contribution in [-0.2, 0) is 0 Å². The van der Waals surface area contributed by atoms with Gasteiger partial charge < -0.3 is 0 Å². The molecule has 0 N–H and O–H groups in total. The Morgan fingerprint density at radius 1 is 1.20 bits per heavy atom. The maximum absolute atomic E-state index is 12.6. The third kappa shape index (κ3) is 1.45. The average Bonchev–Trinajstić information content (AvgIpc) is 1.84. The average molecular weight is 254 g/mol. The van der Waals surface area contributed by atoms with E-state index in [0.29, 0.717) is 9.13 Å². The summed E-state index contributed by atoms with van der Waals surface area (Å²) >= 11 is 1.75. The molecule has 3 heteroatoms. The molecule has 0 aromatic heterocycles. The number of halogens is 3. The van der Waals surface area contributed by atoms with Crippen LogP contribution in [0.4, 0.5) is 8.78 Å². The number of rotatable bonds is 0. The lowest BCUT2D eigenvalue weighted by atomic mass is 10.2. The smallest absolute Gasteiger partial charge is 0.136 e. The lowest BCUT2D eigenvalue weighted by Gasteiger charge is -1.97. The van der Waals surface area contributed by atoms with Crippen molar-refractivity contribution in [1.82, 2.24) is 0 Å². The van der Waals surface area contributed by atoms with Crippen LogP contribution in [0.3, 0.4) is 0 Å². The molecule has 0 spiro atoms. The summed E-state index contributed by atoms with van der Waals surface area (Å²) in [6, 6.07) is 2.38. The predicted octanol–water partition coefficient (Wildman–Crippen LogP) is 2.88. The number of aryl methyl sites for hydroxylation is 1. The first-order chi connectivity index (χ1) is 4.61. The zero-order chi connectivity index (χ0) is 7.72. The predicted molar refractivity (Wildman–Crippen MR) is 43.8 cm³/mol. The van der Waals surface area contributed by atoms with Gasteiger partial charge in [-0.3, -0.25) is 0 Å². The minimum absolute atomic E-state index is 0.320. The van der Waals surface area contributed by atoms with Crippen molar-refractivity contribution in [2.45, 2.75) is 6.92 Å². The highest BCUT2D eigenvalue weighted by atomic mass is 127. The van der Waals surface area contributed by atoms with Crippen LogP contribution in [0.2, 0.25) is 0 Å². The maximum atomic E-state index is 12.6. The second-order valence-corrected chi connectivity index (χ2v) is 3.18. The quantitative estimate of drug-likeness (QED) is 0.493. The Balaban J connectivity index is 3.28. The summed E-state index contributed by atoms with van der Waals surface area (Å²) in [5.41, 5.74) is 0.345. The first-order valence-corrected chi connectivity index (χ1v) is 3.80. The van der Waals surface area contributed by atoms with Crippen molar-refractivity contribution in [2.24, 2.45) is 0 Å². The van der Waals surface area contributed by atoms with Gasteiger partial charge >= 0.3 is 0 Å². The summed E-state index contributed by atoms with van der Waals surface area (Å²) in [5.74, 6) is -0.717. The molecule has 0 aliphatic carbocycles. The third-order valence-electron chi connectivity index (χ3n) is 1.20. The van der Waals surface area contributed by atoms with Gasteiger partial charge in [-0.05, 0) is 47.2 Å². The highest BCUT2D eigenvalue weighted by molar-refractivity contribution is 14.1. The number of hydrogen-bond acceptors (Lipinski definition) is 0. The Kier molecular flexibility index (Phi) is 2.23. The molecule has 0 saturated heterocycles. The van der Waals surface area contributed by atoms with Gasteiger partial charge in [0.05, 0.1) is 3.57 Å². The molecule has 0 heterocycles. The molecule has 1 aromatic rings. The number of hydrogen-bond donors (Lipinski definition) is 0. The molecule has 1 aromatic carbocycles. The molecule has 0 aliphatic heterocycles. The standard InChI is InChI=1S/C7H5F2I/c1-4-2-6(9)7(10)3-5(4)8/h2-3H,1H3. The van der Waals surface area contributed by atoms with E-state index in [-0.39, 0.29) is 11.6 Å². The van der Waals surface area contributed by atoms with Crippen molar-refractivity contribution < 1.29 is 8.78 Å². The molecule has 54 valence electrons. The first kappa shape index (κ1) is 7.91. The molecule has 0 aliphatic rings. The zero-order valence-electron chi connectivity index (χ0n) is 5.29. The molecule has 0 fully saturated rings. The van der Waals surface area contributed by atoms with Crippen LogP contribution in [-0.4, -0.2) is 0 Å². The minimum atomic E-state index is -0.362. The molecule has 0 radical (unpaired) electrons. The van der Waals surface area contributed by atoms with Gasteiger partial charge in [-0.25, -0.2) is 8.78 Å². The largest absolute Gasteiger partial charge is 0.207 e. The van der Waals surface area contributed by atoms with Gasteiger partial charge in [-0.2, -0.15) is 0 Å². The molecule has 1 rings (SSSR count). The van der Waals surface area contributed by atoms with E-state index in [1.165, 1.54) is 19.1 Å². The van der Waals surface area contributed by atoms with Crippen molar-refractivity contribution in [3.8, 4) is 0 Å². The Bertz CT molecular complexity index is 208. The fraction of sp³-hybridized carbons (Fsp3) is 0.143. The van der Waals surface area contributed by atoms with Gasteiger partial charge in [0.15, 0.2) is 0 Å². The third-order valence-corrected chi connectivity index (χ3v) is 2.03. The van der Waals surface area contributed by atoms with E-state index in [1.807, 2.05) is 0 Å². The summed E-state index contributed by atoms with van der Waals surface area (Å²) in [7, 11) is 0. The molecule has 0 saturated carbocycles. The Morgan fingerprint density at radius 2 is 1.80 bits per heavy atom. The molecular formula is C7H5F2I. The Morgan fingerprint density at radius 3 is 2.30 bits per heavy atom. The summed E-state index contributed by atoms with van der Waals surface area (Å²) < 4.78 is 25.5. The second kappa shape index (κ2) is 2.82. The van der Waals surface area contributed by atoms with Crippen LogP contribution in [0.25, 0.3) is 0 Å². The van der Waals surface area contributed by atoms with E-state index in [9.17, 15) is 8.78 Å². The molecule has 0 bridgehead atoms. The van der Waals surface area contributed by atoms with E-state index in [1.54, 1.807) is 22.6 Å². The normalized spacial score (nSPS) is 10.0. The topological polar surface area (TPSA) is 0 Å². The molecule has 0 nitrogen and oxygen atoms in total. The van der Waals surface area contributed by atoms with E-state index < -0.39 is 0 Å². The number of benzene rings is 1. The maximum Gasteiger partial charge on any atom is 0.136 e. The lowest BCUT2D eigenvalue weighted by molar-refractivity contribution is 0.586. The monoisotopic (exact) mass is 254 g/mol. The fourth-order valence-electron chi connectivity index (χ4n) is 0.622. The minimum Gasteiger partial charge on any atom is -0.207 e. The van der Waals surface area contributed by atoms with Crippen LogP contribution >= 0.6 is 22.6 Å². The van der Waals surface area contributed by atoms with Gasteiger partial charge in [0.1, 0.15) is 11.6 Å². The summed E-state index contributed by atoms with van der Waals surface area (Å²) in [5, 5.41) is 0. The highest BCUT2D eigenvalue weighted by Crippen LogP contribution is 2.15. The second-order valence-electron chi connectivity index (χ2n) is 2.02. The fourth-order valence-corrected chi connectivity index (χ4v) is 1.05. The van der Waals surface area contributed by atoms with E-state index in [0.717, 1.165) is 0 Å². The van der Waals surface area contributed by atoms with Crippen molar-refractivity contribution in [1.29, 1.82) is 0 Å². The molecule has 0 unspecified atom stereocenters. The van der Waals surface area contributed by atoms with Crippen LogP contribution in [0, 0.1) is 22.1 Å². The van der Waals surface area contributed by atoms with Crippen LogP contribution in [0.5, 0.6) is 0 Å². The van der Waals surface area contributed by atoms with Crippen LogP contribution < -0.4 is 0 Å². The highest BCUT2D eigenvalue weighted by Gasteiger charge is 2.02. The van der Waals surface area contributed by atoms with Crippen LogP contribution in [0.1, 0.15) is 5.56 Å². The van der Waals surface area contributed by atoms with Gasteiger partial charge in [-0.1, -0.05) is 0 Å². The van der Waals surface area contributed by atoms with E-state index in [4.69, 9.17) is 0 Å². The summed E-state index contributed by atoms with van der Waals surface area (Å²) in [6.45, 7) is 1.54. The van der Waals surface area contributed by atoms with E-state index >= 15 is 0 Å². The summed E-state index contributed by atoms with van der Waals surface area (Å²) in [4.78, 5) is 0. The molecule has 0 amide bonds. The van der Waals surface area contributed by atoms with Crippen molar-refractivity contribution in [3.63, 3.8) is 0 Å². The summed E-state index contributed by atoms with van der Waals surface area (Å²) in [6.07, 6.45) is 0. The zero-order valence-corrected chi connectivity index (χ0v) is 7.45. The van der Waals surface area contributed by atoms with Gasteiger partial charge in [0.2, 0.25) is 0 Å². The molecular weight excluding hydrogens is 249 g/mol. The van der Waals surface area contributed by atoms with E-state index in [2.05, 4.69) is 0 Å². The Labute approximate surface area is 71.4 Å². The molecule has 10 heavy (non-hydrogen) atoms.